The average molecular weight is 320 g/mol. The molecule has 108 valence electrons. The highest BCUT2D eigenvalue weighted by atomic mass is 35.5. The van der Waals surface area contributed by atoms with Gasteiger partial charge in [-0.1, -0.05) is 41.9 Å². The van der Waals surface area contributed by atoms with Crippen molar-refractivity contribution in [3.05, 3.63) is 52.4 Å². The molecule has 3 aromatic rings. The quantitative estimate of drug-likeness (QED) is 0.527. The first-order valence-electron chi connectivity index (χ1n) is 6.79. The second-order valence-corrected chi connectivity index (χ2v) is 5.70. The van der Waals surface area contributed by atoms with E-state index in [1.165, 1.54) is 0 Å². The number of hydrogen-bond acceptors (Lipinski definition) is 2. The van der Waals surface area contributed by atoms with Crippen LogP contribution in [0.1, 0.15) is 17.0 Å². The number of rotatable bonds is 3. The zero-order valence-electron chi connectivity index (χ0n) is 11.9. The summed E-state index contributed by atoms with van der Waals surface area (Å²) in [6, 6.07) is 10.1. The minimum absolute atomic E-state index is 0.513. The van der Waals surface area contributed by atoms with Crippen molar-refractivity contribution in [3.8, 4) is 11.1 Å². The molecule has 0 saturated heterocycles. The molecule has 21 heavy (non-hydrogen) atoms. The van der Waals surface area contributed by atoms with Gasteiger partial charge < -0.3 is 0 Å². The first-order valence-corrected chi connectivity index (χ1v) is 7.70. The predicted molar refractivity (Wildman–Crippen MR) is 87.3 cm³/mol. The third kappa shape index (κ3) is 2.41. The lowest BCUT2D eigenvalue weighted by Crippen LogP contribution is -2.03. The summed E-state index contributed by atoms with van der Waals surface area (Å²) < 4.78 is 1.72. The molecular formula is C16H15Cl2N3. The molecule has 0 N–H and O–H groups in total. The summed E-state index contributed by atoms with van der Waals surface area (Å²) in [5, 5.41) is 5.15. The molecule has 3 rings (SSSR count). The van der Waals surface area contributed by atoms with Crippen molar-refractivity contribution < 1.29 is 0 Å². The summed E-state index contributed by atoms with van der Waals surface area (Å²) in [4.78, 5) is 4.71. The fraction of sp³-hybridized carbons (Fsp3) is 0.250. The number of benzene rings is 1. The highest BCUT2D eigenvalue weighted by molar-refractivity contribution is 6.30. The second kappa shape index (κ2) is 5.66. The molecule has 2 aromatic heterocycles. The Kier molecular flexibility index (Phi) is 3.87. The van der Waals surface area contributed by atoms with Gasteiger partial charge in [0.05, 0.1) is 5.69 Å². The van der Waals surface area contributed by atoms with Crippen LogP contribution in [0.25, 0.3) is 16.8 Å². The Morgan fingerprint density at radius 3 is 2.48 bits per heavy atom. The van der Waals surface area contributed by atoms with Gasteiger partial charge in [0, 0.05) is 22.7 Å². The van der Waals surface area contributed by atoms with Crippen LogP contribution in [-0.2, 0) is 6.42 Å². The Morgan fingerprint density at radius 1 is 1.10 bits per heavy atom. The van der Waals surface area contributed by atoms with Gasteiger partial charge in [-0.15, -0.1) is 11.6 Å². The van der Waals surface area contributed by atoms with Gasteiger partial charge in [0.25, 0.3) is 0 Å². The molecule has 0 aliphatic carbocycles. The second-order valence-electron chi connectivity index (χ2n) is 4.97. The van der Waals surface area contributed by atoms with Crippen molar-refractivity contribution in [2.75, 3.05) is 5.88 Å². The van der Waals surface area contributed by atoms with Gasteiger partial charge in [-0.2, -0.15) is 5.10 Å². The van der Waals surface area contributed by atoms with Gasteiger partial charge in [0.15, 0.2) is 5.65 Å². The molecule has 5 heteroatoms. The zero-order valence-corrected chi connectivity index (χ0v) is 13.4. The molecule has 0 unspecified atom stereocenters. The molecule has 0 aliphatic heterocycles. The van der Waals surface area contributed by atoms with E-state index in [0.29, 0.717) is 17.5 Å². The number of aromatic nitrogens is 3. The topological polar surface area (TPSA) is 30.2 Å². The summed E-state index contributed by atoms with van der Waals surface area (Å²) >= 11 is 12.3. The largest absolute Gasteiger partial charge is 0.233 e. The van der Waals surface area contributed by atoms with E-state index in [2.05, 4.69) is 17.2 Å². The fourth-order valence-electron chi connectivity index (χ4n) is 2.58. The molecule has 0 saturated carbocycles. The van der Waals surface area contributed by atoms with Gasteiger partial charge in [0.2, 0.25) is 0 Å². The van der Waals surface area contributed by atoms with E-state index in [1.807, 2.05) is 32.0 Å². The van der Waals surface area contributed by atoms with E-state index in [1.54, 1.807) is 4.52 Å². The van der Waals surface area contributed by atoms with Gasteiger partial charge in [0.1, 0.15) is 5.15 Å². The van der Waals surface area contributed by atoms with E-state index in [0.717, 1.165) is 33.7 Å². The third-order valence-electron chi connectivity index (χ3n) is 3.59. The number of fused-ring (bicyclic) bond motifs is 1. The molecule has 3 nitrogen and oxygen atoms in total. The summed E-state index contributed by atoms with van der Waals surface area (Å²) in [5.74, 6) is 0.513. The smallest absolute Gasteiger partial charge is 0.165 e. The Balaban J connectivity index is 2.31. The number of halogens is 2. The maximum Gasteiger partial charge on any atom is 0.165 e. The molecule has 0 fully saturated rings. The molecule has 0 radical (unpaired) electrons. The van der Waals surface area contributed by atoms with Crippen molar-refractivity contribution in [1.29, 1.82) is 0 Å². The number of alkyl halides is 1. The summed E-state index contributed by atoms with van der Waals surface area (Å²) in [5.41, 5.74) is 5.69. The van der Waals surface area contributed by atoms with Crippen molar-refractivity contribution in [2.24, 2.45) is 0 Å². The Bertz CT molecular complexity index is 794. The van der Waals surface area contributed by atoms with Crippen LogP contribution in [0.4, 0.5) is 0 Å². The first kappa shape index (κ1) is 14.4. The normalized spacial score (nSPS) is 11.2. The molecule has 0 aliphatic rings. The van der Waals surface area contributed by atoms with Crippen LogP contribution in [0.2, 0.25) is 5.15 Å². The minimum Gasteiger partial charge on any atom is -0.233 e. The Labute approximate surface area is 133 Å². The van der Waals surface area contributed by atoms with Crippen LogP contribution in [0.15, 0.2) is 30.3 Å². The summed E-state index contributed by atoms with van der Waals surface area (Å²) in [6.45, 7) is 3.94. The minimum atomic E-state index is 0.513. The number of nitrogens with zero attached hydrogens (tertiary/aromatic N) is 3. The third-order valence-corrected chi connectivity index (χ3v) is 4.17. The van der Waals surface area contributed by atoms with Gasteiger partial charge in [-0.3, -0.25) is 0 Å². The van der Waals surface area contributed by atoms with E-state index in [9.17, 15) is 0 Å². The standard InChI is InChI=1S/C16H15Cl2N3/c1-10-13(8-9-17)15(18)21-16(19-10)14(11(2)20-21)12-6-4-3-5-7-12/h3-7H,8-9H2,1-2H3. The van der Waals surface area contributed by atoms with Crippen molar-refractivity contribution in [2.45, 2.75) is 20.3 Å². The monoisotopic (exact) mass is 319 g/mol. The van der Waals surface area contributed by atoms with Crippen molar-refractivity contribution in [3.63, 3.8) is 0 Å². The van der Waals surface area contributed by atoms with Crippen molar-refractivity contribution >= 4 is 28.8 Å². The molecule has 0 amide bonds. The van der Waals surface area contributed by atoms with Crippen LogP contribution in [0.5, 0.6) is 0 Å². The zero-order chi connectivity index (χ0) is 15.0. The van der Waals surface area contributed by atoms with Crippen LogP contribution in [-0.4, -0.2) is 20.5 Å². The maximum atomic E-state index is 6.50. The van der Waals surface area contributed by atoms with E-state index >= 15 is 0 Å². The highest BCUT2D eigenvalue weighted by Gasteiger charge is 2.18. The van der Waals surface area contributed by atoms with E-state index in [-0.39, 0.29) is 0 Å². The molecule has 0 atom stereocenters. The van der Waals surface area contributed by atoms with Crippen molar-refractivity contribution in [1.82, 2.24) is 14.6 Å². The summed E-state index contributed by atoms with van der Waals surface area (Å²) in [7, 11) is 0. The van der Waals surface area contributed by atoms with Crippen LogP contribution in [0, 0.1) is 13.8 Å². The number of hydrogen-bond donors (Lipinski definition) is 0. The lowest BCUT2D eigenvalue weighted by molar-refractivity contribution is 0.882. The Hall–Kier alpha value is -1.58. The van der Waals surface area contributed by atoms with Crippen LogP contribution in [0.3, 0.4) is 0 Å². The molecule has 0 bridgehead atoms. The first-order chi connectivity index (χ1) is 10.1. The highest BCUT2D eigenvalue weighted by Crippen LogP contribution is 2.30. The fourth-order valence-corrected chi connectivity index (χ4v) is 3.12. The lowest BCUT2D eigenvalue weighted by Gasteiger charge is -2.08. The van der Waals surface area contributed by atoms with Gasteiger partial charge in [-0.05, 0) is 25.8 Å². The average Bonchev–Trinajstić information content (AvgIpc) is 2.81. The molecule has 2 heterocycles. The van der Waals surface area contributed by atoms with Gasteiger partial charge >= 0.3 is 0 Å². The van der Waals surface area contributed by atoms with Crippen LogP contribution >= 0.6 is 23.2 Å². The maximum absolute atomic E-state index is 6.50. The molecule has 1 aromatic carbocycles. The number of aryl methyl sites for hydroxylation is 2. The molecular weight excluding hydrogens is 305 g/mol. The predicted octanol–water partition coefficient (Wildman–Crippen LogP) is 4.45. The summed E-state index contributed by atoms with van der Waals surface area (Å²) in [6.07, 6.45) is 0.689. The van der Waals surface area contributed by atoms with Gasteiger partial charge in [-0.25, -0.2) is 9.50 Å². The molecule has 0 spiro atoms. The Morgan fingerprint density at radius 2 is 1.81 bits per heavy atom. The lowest BCUT2D eigenvalue weighted by atomic mass is 10.1. The SMILES string of the molecule is Cc1nc2c(-c3ccccc3)c(C)nn2c(Cl)c1CCCl. The van der Waals surface area contributed by atoms with Crippen LogP contribution < -0.4 is 0 Å². The van der Waals surface area contributed by atoms with E-state index < -0.39 is 0 Å². The van der Waals surface area contributed by atoms with E-state index in [4.69, 9.17) is 28.2 Å².